The minimum Gasteiger partial charge on any atom is -0.379 e. The van der Waals surface area contributed by atoms with Gasteiger partial charge in [-0.25, -0.2) is 4.98 Å². The number of anilines is 1. The summed E-state index contributed by atoms with van der Waals surface area (Å²) in [5.41, 5.74) is 3.31. The first-order valence-corrected chi connectivity index (χ1v) is 11.0. The Morgan fingerprint density at radius 3 is 2.77 bits per heavy atom. The van der Waals surface area contributed by atoms with E-state index in [1.54, 1.807) is 11.0 Å². The number of ether oxygens (including phenoxy) is 1. The molecule has 1 amide bonds. The Morgan fingerprint density at radius 1 is 1.26 bits per heavy atom. The number of hydrogen-bond donors (Lipinski definition) is 0. The predicted molar refractivity (Wildman–Crippen MR) is 121 cm³/mol. The number of benzene rings is 2. The summed E-state index contributed by atoms with van der Waals surface area (Å²) in [6.07, 6.45) is 0. The Balaban J connectivity index is 1.68. The van der Waals surface area contributed by atoms with Crippen LogP contribution in [0.3, 0.4) is 0 Å². The average Bonchev–Trinajstić information content (AvgIpc) is 3.22. The van der Waals surface area contributed by atoms with Crippen molar-refractivity contribution in [1.29, 1.82) is 0 Å². The zero-order chi connectivity index (χ0) is 22.0. The number of nitro benzene ring substituents is 1. The molecule has 0 N–H and O–H groups in total. The van der Waals surface area contributed by atoms with Gasteiger partial charge in [0.05, 0.1) is 28.4 Å². The van der Waals surface area contributed by atoms with Gasteiger partial charge in [-0.15, -0.1) is 0 Å². The third kappa shape index (κ3) is 4.58. The summed E-state index contributed by atoms with van der Waals surface area (Å²) in [7, 11) is 0. The van der Waals surface area contributed by atoms with Gasteiger partial charge in [-0.1, -0.05) is 23.5 Å². The molecule has 0 unspecified atom stereocenters. The normalized spacial score (nSPS) is 14.6. The van der Waals surface area contributed by atoms with Crippen LogP contribution < -0.4 is 4.90 Å². The second-order valence-electron chi connectivity index (χ2n) is 7.57. The second kappa shape index (κ2) is 9.09. The highest BCUT2D eigenvalue weighted by atomic mass is 32.1. The molecule has 1 fully saturated rings. The first-order valence-electron chi connectivity index (χ1n) is 10.2. The highest BCUT2D eigenvalue weighted by Gasteiger charge is 2.24. The summed E-state index contributed by atoms with van der Waals surface area (Å²) < 4.78 is 6.43. The lowest BCUT2D eigenvalue weighted by Gasteiger charge is -2.29. The topological polar surface area (TPSA) is 88.8 Å². The van der Waals surface area contributed by atoms with E-state index in [0.29, 0.717) is 31.4 Å². The summed E-state index contributed by atoms with van der Waals surface area (Å²) in [6, 6.07) is 9.94. The van der Waals surface area contributed by atoms with Gasteiger partial charge in [0.15, 0.2) is 5.13 Å². The van der Waals surface area contributed by atoms with E-state index < -0.39 is 4.92 Å². The molecule has 1 aromatic heterocycles. The number of non-ortho nitro benzene ring substituents is 1. The molecule has 0 aliphatic carbocycles. The minimum absolute atomic E-state index is 0.102. The number of fused-ring (bicyclic) bond motifs is 1. The van der Waals surface area contributed by atoms with Gasteiger partial charge in [0.25, 0.3) is 11.6 Å². The van der Waals surface area contributed by atoms with Crippen molar-refractivity contribution >= 4 is 38.3 Å². The molecule has 162 valence electrons. The number of thiazole rings is 1. The molecule has 2 aromatic carbocycles. The molecule has 8 nitrogen and oxygen atoms in total. The van der Waals surface area contributed by atoms with Gasteiger partial charge in [0.2, 0.25) is 0 Å². The quantitative estimate of drug-likeness (QED) is 0.428. The van der Waals surface area contributed by atoms with Gasteiger partial charge < -0.3 is 4.74 Å². The van der Waals surface area contributed by atoms with Crippen molar-refractivity contribution in [3.8, 4) is 0 Å². The molecule has 0 atom stereocenters. The third-order valence-corrected chi connectivity index (χ3v) is 6.64. The van der Waals surface area contributed by atoms with Crippen LogP contribution in [0, 0.1) is 24.0 Å². The summed E-state index contributed by atoms with van der Waals surface area (Å²) in [6.45, 7) is 8.18. The largest absolute Gasteiger partial charge is 0.379 e. The van der Waals surface area contributed by atoms with Gasteiger partial charge in [-0.3, -0.25) is 24.7 Å². The van der Waals surface area contributed by atoms with Gasteiger partial charge in [0.1, 0.15) is 0 Å². The standard InChI is InChI=1S/C22H24N4O4S/c1-15-6-7-19-20(16(15)2)23-22(31-19)25(9-8-24-10-12-30-13-11-24)21(27)17-4-3-5-18(14-17)26(28)29/h3-7,14H,8-13H2,1-2H3. The molecule has 2 heterocycles. The number of nitrogens with zero attached hydrogens (tertiary/aromatic N) is 4. The zero-order valence-corrected chi connectivity index (χ0v) is 18.4. The number of aromatic nitrogens is 1. The third-order valence-electron chi connectivity index (χ3n) is 5.60. The molecule has 0 saturated carbocycles. The van der Waals surface area contributed by atoms with E-state index in [0.717, 1.165) is 34.4 Å². The van der Waals surface area contributed by atoms with E-state index in [1.807, 2.05) is 19.9 Å². The Bertz CT molecular complexity index is 1120. The molecular formula is C22H24N4O4S. The van der Waals surface area contributed by atoms with Crippen molar-refractivity contribution in [1.82, 2.24) is 9.88 Å². The van der Waals surface area contributed by atoms with Gasteiger partial charge in [0, 0.05) is 43.9 Å². The van der Waals surface area contributed by atoms with Crippen LogP contribution in [0.2, 0.25) is 0 Å². The molecular weight excluding hydrogens is 416 g/mol. The van der Waals surface area contributed by atoms with Crippen molar-refractivity contribution in [2.24, 2.45) is 0 Å². The number of carbonyl (C=O) groups is 1. The van der Waals surface area contributed by atoms with Crippen molar-refractivity contribution < 1.29 is 14.5 Å². The van der Waals surface area contributed by atoms with Crippen molar-refractivity contribution in [2.45, 2.75) is 13.8 Å². The first-order chi connectivity index (χ1) is 14.9. The fraction of sp³-hybridized carbons (Fsp3) is 0.364. The molecule has 0 spiro atoms. The highest BCUT2D eigenvalue weighted by Crippen LogP contribution is 2.33. The van der Waals surface area contributed by atoms with Crippen molar-refractivity contribution in [3.63, 3.8) is 0 Å². The molecule has 9 heteroatoms. The van der Waals surface area contributed by atoms with Crippen LogP contribution in [-0.2, 0) is 4.74 Å². The van der Waals surface area contributed by atoms with Crippen molar-refractivity contribution in [2.75, 3.05) is 44.3 Å². The van der Waals surface area contributed by atoms with E-state index in [-0.39, 0.29) is 17.2 Å². The lowest BCUT2D eigenvalue weighted by Crippen LogP contribution is -2.43. The number of aryl methyl sites for hydroxylation is 2. The minimum atomic E-state index is -0.487. The monoisotopic (exact) mass is 440 g/mol. The number of carbonyl (C=O) groups excluding carboxylic acids is 1. The van der Waals surface area contributed by atoms with Crippen LogP contribution in [0.15, 0.2) is 36.4 Å². The van der Waals surface area contributed by atoms with Gasteiger partial charge in [-0.2, -0.15) is 0 Å². The Kier molecular flexibility index (Phi) is 6.26. The zero-order valence-electron chi connectivity index (χ0n) is 17.5. The smallest absolute Gasteiger partial charge is 0.270 e. The number of morpholine rings is 1. The van der Waals surface area contributed by atoms with E-state index in [4.69, 9.17) is 9.72 Å². The Morgan fingerprint density at radius 2 is 2.03 bits per heavy atom. The summed E-state index contributed by atoms with van der Waals surface area (Å²) in [5, 5.41) is 11.8. The molecule has 31 heavy (non-hydrogen) atoms. The molecule has 1 saturated heterocycles. The molecule has 1 aliphatic heterocycles. The average molecular weight is 441 g/mol. The van der Waals surface area contributed by atoms with Gasteiger partial charge in [-0.05, 0) is 37.1 Å². The second-order valence-corrected chi connectivity index (χ2v) is 8.58. The van der Waals surface area contributed by atoms with Crippen LogP contribution in [0.4, 0.5) is 10.8 Å². The molecule has 1 aliphatic rings. The lowest BCUT2D eigenvalue weighted by molar-refractivity contribution is -0.384. The molecule has 4 rings (SSSR count). The van der Waals surface area contributed by atoms with Crippen LogP contribution >= 0.6 is 11.3 Å². The first kappa shape index (κ1) is 21.4. The van der Waals surface area contributed by atoms with E-state index in [9.17, 15) is 14.9 Å². The van der Waals surface area contributed by atoms with Crippen molar-refractivity contribution in [3.05, 3.63) is 63.2 Å². The van der Waals surface area contributed by atoms with Crippen LogP contribution in [0.1, 0.15) is 21.5 Å². The van der Waals surface area contributed by atoms with Crippen LogP contribution in [-0.4, -0.2) is 60.1 Å². The van der Waals surface area contributed by atoms with Gasteiger partial charge >= 0.3 is 0 Å². The number of amides is 1. The number of rotatable bonds is 6. The fourth-order valence-electron chi connectivity index (χ4n) is 3.59. The van der Waals surface area contributed by atoms with Crippen LogP contribution in [0.5, 0.6) is 0 Å². The lowest BCUT2D eigenvalue weighted by atomic mass is 10.1. The maximum absolute atomic E-state index is 13.4. The Labute approximate surface area is 184 Å². The molecule has 3 aromatic rings. The fourth-order valence-corrected chi connectivity index (χ4v) is 4.64. The van der Waals surface area contributed by atoms with Crippen LogP contribution in [0.25, 0.3) is 10.2 Å². The maximum Gasteiger partial charge on any atom is 0.270 e. The SMILES string of the molecule is Cc1ccc2sc(N(CCN3CCOCC3)C(=O)c3cccc([N+](=O)[O-])c3)nc2c1C. The predicted octanol–water partition coefficient (Wildman–Crippen LogP) is 3.80. The highest BCUT2D eigenvalue weighted by molar-refractivity contribution is 7.22. The Hall–Kier alpha value is -2.88. The summed E-state index contributed by atoms with van der Waals surface area (Å²) >= 11 is 1.47. The maximum atomic E-state index is 13.4. The molecule has 0 bridgehead atoms. The number of nitro groups is 1. The number of hydrogen-bond acceptors (Lipinski definition) is 7. The summed E-state index contributed by atoms with van der Waals surface area (Å²) in [5.74, 6) is -0.287. The summed E-state index contributed by atoms with van der Waals surface area (Å²) in [4.78, 5) is 32.8. The molecule has 0 radical (unpaired) electrons. The van der Waals surface area contributed by atoms with E-state index >= 15 is 0 Å². The van der Waals surface area contributed by atoms with E-state index in [2.05, 4.69) is 11.0 Å². The van der Waals surface area contributed by atoms with E-state index in [1.165, 1.54) is 29.5 Å².